The zero-order chi connectivity index (χ0) is 81.1. The van der Waals surface area contributed by atoms with Gasteiger partial charge in [-0.05, 0) is 159 Å². The molecule has 9 aromatic carbocycles. The monoisotopic (exact) mass is 1650 g/mol. The summed E-state index contributed by atoms with van der Waals surface area (Å²) in [5, 5.41) is 50.8. The molecule has 0 heterocycles. The number of aryl methyl sites for hydroxylation is 2. The number of fused-ring (bicyclic) bond motifs is 2. The number of aromatic hydroxyl groups is 1. The summed E-state index contributed by atoms with van der Waals surface area (Å²) < 4.78 is 238. The topological polar surface area (TPSA) is 585 Å². The van der Waals surface area contributed by atoms with Gasteiger partial charge in [0, 0.05) is 63.6 Å². The van der Waals surface area contributed by atoms with Gasteiger partial charge in [-0.25, -0.2) is 0 Å². The van der Waals surface area contributed by atoms with Crippen LogP contribution in [-0.2, 0) is 60.7 Å². The molecule has 0 aliphatic rings. The Bertz CT molecular complexity index is 6010. The summed E-state index contributed by atoms with van der Waals surface area (Å²) in [4.78, 5) is 24.4. The molecule has 0 fully saturated rings. The van der Waals surface area contributed by atoms with E-state index in [2.05, 4.69) is 51.5 Å². The van der Waals surface area contributed by atoms with Crippen molar-refractivity contribution in [3.05, 3.63) is 150 Å². The maximum Gasteiger partial charge on any atom is 0.296 e. The highest BCUT2D eigenvalue weighted by atomic mass is 32.2. The van der Waals surface area contributed by atoms with Gasteiger partial charge in [0.05, 0.1) is 79.9 Å². The van der Waals surface area contributed by atoms with Gasteiger partial charge in [0.1, 0.15) is 78.4 Å². The lowest BCUT2D eigenvalue weighted by Gasteiger charge is -2.16. The average Bonchev–Trinajstić information content (AvgIpc) is 0.763. The van der Waals surface area contributed by atoms with Crippen molar-refractivity contribution in [2.24, 2.45) is 40.9 Å². The first kappa shape index (κ1) is 83.7. The number of carbonyl (C=O) groups excluding carboxylic acids is 2. The summed E-state index contributed by atoms with van der Waals surface area (Å²) in [6.07, 6.45) is -0.838. The van der Waals surface area contributed by atoms with Crippen LogP contribution < -0.4 is 44.8 Å². The highest BCUT2D eigenvalue weighted by Crippen LogP contribution is 2.47. The average molecular weight is 1650 g/mol. The molecule has 0 atom stereocenters. The fourth-order valence-corrected chi connectivity index (χ4v) is 13.6. The number of hydrogen-bond acceptors (Lipinski definition) is 30. The summed E-state index contributed by atoms with van der Waals surface area (Å²) in [6.45, 7) is 3.78. The van der Waals surface area contributed by atoms with Gasteiger partial charge in [-0.15, -0.1) is 30.7 Å². The van der Waals surface area contributed by atoms with E-state index in [1.165, 1.54) is 93.1 Å². The summed E-state index contributed by atoms with van der Waals surface area (Å²) in [5.74, 6) is -5.12. The first-order valence-corrected chi connectivity index (χ1v) is 41.3. The SMILES string of the molecule is CCOc1cc(N=Nc2cc(C)c(N=Nc3c(S(=O)(=O)O)cc4cc(NC(=O)c5ccc(N)cc5)ccc4c3O)cc2C)c(OCCCS(=O)(=O)O)cc1N=Nc1cc(OC)c(N=Nc2ccc(C(=O)Nc3cc4c(OCCCS(=O)(=O)O)cc(S(=O)(=O)O)cc4cc3S(=O)(=O)O)cc2OCCCS(=O)(=O)O)cc1OC. The van der Waals surface area contributed by atoms with E-state index in [1.807, 2.05) is 0 Å². The number of anilines is 3. The van der Waals surface area contributed by atoms with E-state index >= 15 is 0 Å². The van der Waals surface area contributed by atoms with Gasteiger partial charge in [-0.1, -0.05) is 0 Å². The van der Waals surface area contributed by atoms with Gasteiger partial charge >= 0.3 is 0 Å². The third-order valence-corrected chi connectivity index (χ3v) is 20.6. The highest BCUT2D eigenvalue weighted by molar-refractivity contribution is 7.87. The molecule has 0 aliphatic heterocycles. The molecule has 111 heavy (non-hydrogen) atoms. The molecule has 11 N–H and O–H groups in total. The Morgan fingerprint density at radius 3 is 1.34 bits per heavy atom. The maximum atomic E-state index is 14.1. The molecule has 0 radical (unpaired) electrons. The van der Waals surface area contributed by atoms with E-state index < -0.39 is 135 Å². The Hall–Kier alpha value is -11.3. The number of phenols is 1. The third-order valence-electron chi connectivity index (χ3n) is 15.6. The second kappa shape index (κ2) is 34.7. The Labute approximate surface area is 633 Å². The third kappa shape index (κ3) is 22.7. The minimum absolute atomic E-state index is 0.00236. The lowest BCUT2D eigenvalue weighted by atomic mass is 10.1. The number of azo groups is 4. The predicted octanol–water partition coefficient (Wildman–Crippen LogP) is 13.2. The number of phenolic OH excluding ortho intramolecular Hbond substituents is 1. The summed E-state index contributed by atoms with van der Waals surface area (Å²) >= 11 is 0. The van der Waals surface area contributed by atoms with Crippen LogP contribution in [0.4, 0.5) is 62.6 Å². The first-order chi connectivity index (χ1) is 52.1. The van der Waals surface area contributed by atoms with Crippen LogP contribution in [-0.4, -0.2) is 153 Å². The molecular formula is C67H67N11O27S6. The molecule has 0 spiro atoms. The minimum atomic E-state index is -5.28. The van der Waals surface area contributed by atoms with Crippen LogP contribution in [0, 0.1) is 13.8 Å². The Kier molecular flexibility index (Phi) is 26.2. The fourth-order valence-electron chi connectivity index (χ4n) is 10.3. The number of ether oxygens (including phenoxy) is 6. The normalized spacial score (nSPS) is 12.5. The first-order valence-electron chi connectivity index (χ1n) is 32.1. The minimum Gasteiger partial charge on any atom is -0.505 e. The van der Waals surface area contributed by atoms with Crippen molar-refractivity contribution in [3.8, 4) is 40.2 Å². The second-order valence-electron chi connectivity index (χ2n) is 23.7. The lowest BCUT2D eigenvalue weighted by Crippen LogP contribution is -2.15. The number of carbonyl (C=O) groups is 2. The summed E-state index contributed by atoms with van der Waals surface area (Å²) in [5.41, 5.74) is 6.29. The van der Waals surface area contributed by atoms with Crippen LogP contribution in [0.3, 0.4) is 0 Å². The van der Waals surface area contributed by atoms with Crippen LogP contribution >= 0.6 is 0 Å². The van der Waals surface area contributed by atoms with Crippen LogP contribution in [0.15, 0.2) is 183 Å². The van der Waals surface area contributed by atoms with Crippen molar-refractivity contribution in [2.45, 2.75) is 54.7 Å². The van der Waals surface area contributed by atoms with E-state index in [0.29, 0.717) is 16.8 Å². The van der Waals surface area contributed by atoms with Gasteiger partial charge in [-0.3, -0.25) is 36.9 Å². The van der Waals surface area contributed by atoms with Crippen LogP contribution in [0.1, 0.15) is 58.0 Å². The Morgan fingerprint density at radius 2 is 0.847 bits per heavy atom. The second-order valence-corrected chi connectivity index (χ2v) is 32.7. The number of hydrogen-bond donors (Lipinski definition) is 10. The van der Waals surface area contributed by atoms with Gasteiger partial charge < -0.3 is 49.9 Å². The maximum absolute atomic E-state index is 14.1. The van der Waals surface area contributed by atoms with Gasteiger partial charge in [0.25, 0.3) is 72.5 Å². The molecule has 0 aliphatic carbocycles. The Morgan fingerprint density at radius 1 is 0.414 bits per heavy atom. The molecule has 38 nitrogen and oxygen atoms in total. The van der Waals surface area contributed by atoms with Gasteiger partial charge in [0.15, 0.2) is 5.75 Å². The summed E-state index contributed by atoms with van der Waals surface area (Å²) in [7, 11) is -26.2. The molecule has 2 amide bonds. The van der Waals surface area contributed by atoms with Crippen molar-refractivity contribution >= 4 is 157 Å². The van der Waals surface area contributed by atoms with E-state index in [-0.39, 0.29) is 145 Å². The molecule has 44 heteroatoms. The largest absolute Gasteiger partial charge is 0.505 e. The zero-order valence-electron chi connectivity index (χ0n) is 58.6. The lowest BCUT2D eigenvalue weighted by molar-refractivity contribution is 0.101. The number of nitrogens with two attached hydrogens (primary N) is 1. The molecule has 588 valence electrons. The zero-order valence-corrected chi connectivity index (χ0v) is 63.5. The van der Waals surface area contributed by atoms with Crippen molar-refractivity contribution < 1.29 is 121 Å². The van der Waals surface area contributed by atoms with Gasteiger partial charge in [-0.2, -0.15) is 60.7 Å². The smallest absolute Gasteiger partial charge is 0.296 e. The van der Waals surface area contributed by atoms with E-state index in [4.69, 9.17) is 34.2 Å². The number of amides is 2. The number of benzene rings is 9. The number of rotatable bonds is 34. The number of methoxy groups -OCH3 is 2. The number of nitrogen functional groups attached to an aromatic ring is 1. The van der Waals surface area contributed by atoms with Crippen molar-refractivity contribution in [1.82, 2.24) is 0 Å². The van der Waals surface area contributed by atoms with E-state index in [1.54, 1.807) is 26.8 Å². The quantitative estimate of drug-likeness (QED) is 0.00775. The van der Waals surface area contributed by atoms with Crippen molar-refractivity contribution in [2.75, 3.05) is 74.3 Å². The van der Waals surface area contributed by atoms with Crippen LogP contribution in [0.5, 0.6) is 40.2 Å². The molecule has 9 rings (SSSR count). The van der Waals surface area contributed by atoms with E-state index in [0.717, 1.165) is 42.5 Å². The molecule has 0 saturated carbocycles. The molecule has 0 bridgehead atoms. The fraction of sp³-hybridized carbons (Fsp3) is 0.224. The van der Waals surface area contributed by atoms with Crippen LogP contribution in [0.2, 0.25) is 0 Å². The number of nitrogens with zero attached hydrogens (tertiary/aromatic N) is 8. The Balaban J connectivity index is 0.998. The molecule has 0 saturated heterocycles. The standard InChI is InChI=1S/C67H67N11O27S6/c1-6-102-60-35-54(76-72-49-24-38(3)50(25-37(49)2)73-78-64-63(111(97,98)99)30-41-26-44(15-16-46(41)65(64)79)69-66(80)39-10-13-43(68)14-11-39)61(105-20-9-23-108(88,89)90)36-53(60)77-75-52-34-57(100-4)51(33-58(52)101-5)74-71-48-17-12-40(28-59(48)104-19-8-22-107(85,86)87)67(81)70-55-32-47-42(29-62(55)110(94,95)96)27-45(109(91,92)93)31-56(47)103-18-7-21-106(82,83)84/h10-17,24-36,79H,6-9,18-23,68H2,1-5H3,(H,69,80)(H,70,81)(H,82,83,84)(H,85,86,87)(H,88,89,90)(H,91,92,93)(H,94,95,96)(H,97,98,99). The molecular weight excluding hydrogens is 1580 g/mol. The van der Waals surface area contributed by atoms with Crippen molar-refractivity contribution in [1.29, 1.82) is 0 Å². The molecule has 0 aromatic heterocycles. The van der Waals surface area contributed by atoms with Gasteiger partial charge in [0.2, 0.25) is 0 Å². The predicted molar refractivity (Wildman–Crippen MR) is 402 cm³/mol. The molecule has 0 unspecified atom stereocenters. The molecule has 9 aromatic rings. The van der Waals surface area contributed by atoms with Crippen molar-refractivity contribution in [3.63, 3.8) is 0 Å². The highest BCUT2D eigenvalue weighted by Gasteiger charge is 2.27. The summed E-state index contributed by atoms with van der Waals surface area (Å²) in [6, 6.07) is 26.7. The number of nitrogens with one attached hydrogen (secondary N) is 2. The van der Waals surface area contributed by atoms with Crippen LogP contribution in [0.25, 0.3) is 21.5 Å². The van der Waals surface area contributed by atoms with E-state index in [9.17, 15) is 92.5 Å².